The zero-order valence-corrected chi connectivity index (χ0v) is 17.3. The highest BCUT2D eigenvalue weighted by atomic mass is 19.3. The number of hydrogen-bond donors (Lipinski definition) is 2. The Bertz CT molecular complexity index is 833. The molecule has 30 heavy (non-hydrogen) atoms. The van der Waals surface area contributed by atoms with Gasteiger partial charge < -0.3 is 25.0 Å². The molecule has 0 aromatic heterocycles. The first-order chi connectivity index (χ1) is 14.6. The largest absolute Gasteiger partial charge is 0.493 e. The first kappa shape index (κ1) is 21.7. The summed E-state index contributed by atoms with van der Waals surface area (Å²) < 4.78 is 34.8. The molecule has 6 nitrogen and oxygen atoms in total. The Balaban J connectivity index is 1.48. The molecule has 1 aliphatic heterocycles. The van der Waals surface area contributed by atoms with Crippen molar-refractivity contribution in [2.24, 2.45) is 4.99 Å². The summed E-state index contributed by atoms with van der Waals surface area (Å²) in [6.45, 7) is -0.373. The van der Waals surface area contributed by atoms with Crippen LogP contribution in [0.3, 0.4) is 0 Å². The van der Waals surface area contributed by atoms with E-state index in [4.69, 9.17) is 4.74 Å². The van der Waals surface area contributed by atoms with Crippen molar-refractivity contribution in [2.75, 3.05) is 38.7 Å². The van der Waals surface area contributed by atoms with Crippen molar-refractivity contribution < 1.29 is 18.3 Å². The van der Waals surface area contributed by atoms with Crippen LogP contribution in [0.5, 0.6) is 11.5 Å². The van der Waals surface area contributed by atoms with E-state index >= 15 is 0 Å². The zero-order valence-electron chi connectivity index (χ0n) is 17.3. The summed E-state index contributed by atoms with van der Waals surface area (Å²) in [6, 6.07) is 15.7. The van der Waals surface area contributed by atoms with Crippen molar-refractivity contribution in [3.05, 3.63) is 54.1 Å². The van der Waals surface area contributed by atoms with Gasteiger partial charge in [0, 0.05) is 38.4 Å². The summed E-state index contributed by atoms with van der Waals surface area (Å²) in [5, 5.41) is 6.75. The van der Waals surface area contributed by atoms with Gasteiger partial charge in [0.05, 0.1) is 7.11 Å². The van der Waals surface area contributed by atoms with Crippen molar-refractivity contribution >= 4 is 11.6 Å². The van der Waals surface area contributed by atoms with Gasteiger partial charge >= 0.3 is 6.61 Å². The number of hydrogen-bond acceptors (Lipinski definition) is 4. The van der Waals surface area contributed by atoms with E-state index in [0.29, 0.717) is 19.0 Å². The second kappa shape index (κ2) is 10.7. The Hall–Kier alpha value is -3.03. The lowest BCUT2D eigenvalue weighted by Gasteiger charge is -2.20. The third kappa shape index (κ3) is 5.98. The van der Waals surface area contributed by atoms with Crippen molar-refractivity contribution in [1.82, 2.24) is 10.6 Å². The molecular weight excluding hydrogens is 390 g/mol. The summed E-state index contributed by atoms with van der Waals surface area (Å²) >= 11 is 0. The van der Waals surface area contributed by atoms with Gasteiger partial charge in [0.25, 0.3) is 0 Å². The van der Waals surface area contributed by atoms with Crippen LogP contribution in [0.2, 0.25) is 0 Å². The monoisotopic (exact) mass is 418 g/mol. The molecule has 1 aliphatic rings. The molecule has 1 unspecified atom stereocenters. The fraction of sp³-hybridized carbons (Fsp3) is 0.409. The van der Waals surface area contributed by atoms with Crippen LogP contribution in [-0.4, -0.2) is 52.4 Å². The average Bonchev–Trinajstić information content (AvgIpc) is 3.22. The lowest BCUT2D eigenvalue weighted by molar-refractivity contribution is -0.0512. The lowest BCUT2D eigenvalue weighted by Crippen LogP contribution is -2.45. The molecule has 1 heterocycles. The van der Waals surface area contributed by atoms with Gasteiger partial charge in [-0.2, -0.15) is 8.78 Å². The molecule has 0 saturated carbocycles. The van der Waals surface area contributed by atoms with E-state index in [1.807, 2.05) is 24.3 Å². The Morgan fingerprint density at radius 3 is 2.70 bits per heavy atom. The van der Waals surface area contributed by atoms with Crippen molar-refractivity contribution in [1.29, 1.82) is 0 Å². The van der Waals surface area contributed by atoms with Crippen LogP contribution in [0.25, 0.3) is 0 Å². The van der Waals surface area contributed by atoms with Gasteiger partial charge in [-0.3, -0.25) is 4.99 Å². The minimum absolute atomic E-state index is 0.0412. The summed E-state index contributed by atoms with van der Waals surface area (Å²) in [5.74, 6) is 1.06. The highest BCUT2D eigenvalue weighted by molar-refractivity contribution is 5.80. The standard InChI is InChI=1S/C22H28F2N4O2/c1-25-22(27-17-11-13-28(15-17)18-6-4-3-5-7-18)26-12-10-16-8-9-19(29-2)20(14-16)30-21(23)24/h3-9,14,17,21H,10-13,15H2,1-2H3,(H2,25,26,27). The molecule has 3 rings (SSSR count). The Morgan fingerprint density at radius 2 is 2.00 bits per heavy atom. The number of anilines is 1. The predicted octanol–water partition coefficient (Wildman–Crippen LogP) is 3.28. The van der Waals surface area contributed by atoms with Crippen molar-refractivity contribution in [3.8, 4) is 11.5 Å². The molecule has 1 saturated heterocycles. The van der Waals surface area contributed by atoms with Crippen LogP contribution in [0.1, 0.15) is 12.0 Å². The van der Waals surface area contributed by atoms with Crippen LogP contribution in [0, 0.1) is 0 Å². The molecule has 2 aromatic carbocycles. The van der Waals surface area contributed by atoms with E-state index in [9.17, 15) is 8.78 Å². The number of rotatable bonds is 8. The Morgan fingerprint density at radius 1 is 1.20 bits per heavy atom. The number of para-hydroxylation sites is 1. The molecular formula is C22H28F2N4O2. The van der Waals surface area contributed by atoms with Gasteiger partial charge in [0.2, 0.25) is 0 Å². The number of halogens is 2. The number of benzene rings is 2. The summed E-state index contributed by atoms with van der Waals surface area (Å²) in [4.78, 5) is 6.65. The maximum absolute atomic E-state index is 12.6. The lowest BCUT2D eigenvalue weighted by atomic mass is 10.1. The highest BCUT2D eigenvalue weighted by Crippen LogP contribution is 2.29. The molecule has 2 aromatic rings. The SMILES string of the molecule is CN=C(NCCc1ccc(OC)c(OC(F)F)c1)NC1CCN(c2ccccc2)C1. The Labute approximate surface area is 175 Å². The van der Waals surface area contributed by atoms with E-state index in [1.165, 1.54) is 12.8 Å². The van der Waals surface area contributed by atoms with Crippen molar-refractivity contribution in [3.63, 3.8) is 0 Å². The fourth-order valence-corrected chi connectivity index (χ4v) is 3.53. The molecule has 0 aliphatic carbocycles. The number of alkyl halides is 2. The topological polar surface area (TPSA) is 58.1 Å². The van der Waals surface area contributed by atoms with Gasteiger partial charge in [-0.1, -0.05) is 24.3 Å². The molecule has 1 fully saturated rings. The maximum Gasteiger partial charge on any atom is 0.387 e. The fourth-order valence-electron chi connectivity index (χ4n) is 3.53. The van der Waals surface area contributed by atoms with Gasteiger partial charge in [-0.15, -0.1) is 0 Å². The van der Waals surface area contributed by atoms with Gasteiger partial charge in [0.15, 0.2) is 17.5 Å². The second-order valence-corrected chi connectivity index (χ2v) is 7.02. The number of guanidine groups is 1. The van der Waals surface area contributed by atoms with E-state index in [-0.39, 0.29) is 11.5 Å². The van der Waals surface area contributed by atoms with E-state index in [0.717, 1.165) is 31.0 Å². The van der Waals surface area contributed by atoms with Gasteiger partial charge in [0.1, 0.15) is 0 Å². The number of nitrogens with zero attached hydrogens (tertiary/aromatic N) is 2. The predicted molar refractivity (Wildman–Crippen MR) is 115 cm³/mol. The number of ether oxygens (including phenoxy) is 2. The quantitative estimate of drug-likeness (QED) is 0.509. The third-order valence-corrected chi connectivity index (χ3v) is 5.02. The molecule has 8 heteroatoms. The van der Waals surface area contributed by atoms with E-state index < -0.39 is 6.61 Å². The summed E-state index contributed by atoms with van der Waals surface area (Å²) in [7, 11) is 3.16. The third-order valence-electron chi connectivity index (χ3n) is 5.02. The van der Waals surface area contributed by atoms with E-state index in [1.54, 1.807) is 19.2 Å². The van der Waals surface area contributed by atoms with Gasteiger partial charge in [-0.25, -0.2) is 0 Å². The molecule has 2 N–H and O–H groups in total. The number of methoxy groups -OCH3 is 1. The molecule has 1 atom stereocenters. The van der Waals surface area contributed by atoms with Crippen LogP contribution in [-0.2, 0) is 6.42 Å². The first-order valence-electron chi connectivity index (χ1n) is 9.98. The second-order valence-electron chi connectivity index (χ2n) is 7.02. The Kier molecular flexibility index (Phi) is 7.70. The minimum atomic E-state index is -2.89. The summed E-state index contributed by atoms with van der Waals surface area (Å²) in [5.41, 5.74) is 2.09. The molecule has 0 amide bonds. The molecule has 162 valence electrons. The maximum atomic E-state index is 12.6. The number of nitrogens with one attached hydrogen (secondary N) is 2. The zero-order chi connectivity index (χ0) is 21.3. The van der Waals surface area contributed by atoms with Gasteiger partial charge in [-0.05, 0) is 42.7 Å². The normalized spacial score (nSPS) is 16.6. The summed E-state index contributed by atoms with van der Waals surface area (Å²) in [6.07, 6.45) is 1.66. The molecule has 0 spiro atoms. The smallest absolute Gasteiger partial charge is 0.387 e. The minimum Gasteiger partial charge on any atom is -0.493 e. The van der Waals surface area contributed by atoms with Crippen LogP contribution in [0.15, 0.2) is 53.5 Å². The molecule has 0 radical (unpaired) electrons. The van der Waals surface area contributed by atoms with Crippen LogP contribution < -0.4 is 25.0 Å². The molecule has 0 bridgehead atoms. The highest BCUT2D eigenvalue weighted by Gasteiger charge is 2.23. The average molecular weight is 418 g/mol. The number of aliphatic imine (C=N–C) groups is 1. The van der Waals surface area contributed by atoms with Crippen LogP contribution in [0.4, 0.5) is 14.5 Å². The van der Waals surface area contributed by atoms with E-state index in [2.05, 4.69) is 37.4 Å². The van der Waals surface area contributed by atoms with Crippen molar-refractivity contribution in [2.45, 2.75) is 25.5 Å². The first-order valence-corrected chi connectivity index (χ1v) is 9.98. The van der Waals surface area contributed by atoms with Crippen LogP contribution >= 0.6 is 0 Å².